The van der Waals surface area contributed by atoms with Crippen molar-refractivity contribution in [3.8, 4) is 0 Å². The predicted molar refractivity (Wildman–Crippen MR) is 94.6 cm³/mol. The van der Waals surface area contributed by atoms with Gasteiger partial charge in [0, 0.05) is 31.0 Å². The predicted octanol–water partition coefficient (Wildman–Crippen LogP) is 1.76. The normalized spacial score (nSPS) is 20.0. The number of aromatic nitrogens is 2. The van der Waals surface area contributed by atoms with Crippen molar-refractivity contribution in [2.75, 3.05) is 38.1 Å². The van der Waals surface area contributed by atoms with Gasteiger partial charge in [-0.3, -0.25) is 4.79 Å². The smallest absolute Gasteiger partial charge is 0.255 e. The van der Waals surface area contributed by atoms with E-state index in [0.717, 1.165) is 44.5 Å². The lowest BCUT2D eigenvalue weighted by Gasteiger charge is -2.29. The summed E-state index contributed by atoms with van der Waals surface area (Å²) >= 11 is 0. The minimum Gasteiger partial charge on any atom is -0.371 e. The van der Waals surface area contributed by atoms with E-state index in [9.17, 15) is 4.79 Å². The molecule has 2 aromatic rings. The number of fused-ring (bicyclic) bond motifs is 1. The number of carbonyl (C=O) groups excluding carboxylic acids is 1. The molecule has 24 heavy (non-hydrogen) atoms. The van der Waals surface area contributed by atoms with Crippen LogP contribution in [0, 0.1) is 0 Å². The first kappa shape index (κ1) is 15.4. The Bertz CT molecular complexity index is 726. The third-order valence-corrected chi connectivity index (χ3v) is 5.27. The minimum atomic E-state index is -0.00174. The molecule has 6 nitrogen and oxygen atoms in total. The maximum atomic E-state index is 12.7. The standard InChI is InChI=1S/C18H25N5O/c1-21-9-4-14(5-10-21)20-18(24)16-13-19-23-11-6-15(12-17(16)23)22-7-2-3-8-22/h6,11-14H,2-5,7-10H2,1H3,(H,20,24). The van der Waals surface area contributed by atoms with E-state index in [1.165, 1.54) is 18.5 Å². The topological polar surface area (TPSA) is 52.9 Å². The monoisotopic (exact) mass is 327 g/mol. The number of likely N-dealkylation sites (tertiary alicyclic amines) is 1. The van der Waals surface area contributed by atoms with Gasteiger partial charge in [0.2, 0.25) is 0 Å². The van der Waals surface area contributed by atoms with Gasteiger partial charge in [-0.2, -0.15) is 5.10 Å². The van der Waals surface area contributed by atoms with Crippen LogP contribution in [0.5, 0.6) is 0 Å². The van der Waals surface area contributed by atoms with E-state index in [-0.39, 0.29) is 11.9 Å². The van der Waals surface area contributed by atoms with Crippen LogP contribution in [0.3, 0.4) is 0 Å². The number of rotatable bonds is 3. The first-order valence-electron chi connectivity index (χ1n) is 8.92. The SMILES string of the molecule is CN1CCC(NC(=O)c2cnn3ccc(N4CCCC4)cc23)CC1. The molecule has 2 aliphatic rings. The molecule has 0 spiro atoms. The van der Waals surface area contributed by atoms with Crippen LogP contribution in [0.4, 0.5) is 5.69 Å². The zero-order chi connectivity index (χ0) is 16.5. The van der Waals surface area contributed by atoms with E-state index in [2.05, 4.69) is 39.4 Å². The van der Waals surface area contributed by atoms with Crippen molar-refractivity contribution >= 4 is 17.1 Å². The highest BCUT2D eigenvalue weighted by Crippen LogP contribution is 2.23. The summed E-state index contributed by atoms with van der Waals surface area (Å²) in [4.78, 5) is 17.4. The second-order valence-corrected chi connectivity index (χ2v) is 7.02. The van der Waals surface area contributed by atoms with Crippen molar-refractivity contribution in [1.82, 2.24) is 19.8 Å². The van der Waals surface area contributed by atoms with Gasteiger partial charge < -0.3 is 15.1 Å². The first-order valence-corrected chi connectivity index (χ1v) is 8.92. The van der Waals surface area contributed by atoms with Crippen molar-refractivity contribution < 1.29 is 4.79 Å². The number of piperidine rings is 1. The molecule has 4 heterocycles. The zero-order valence-electron chi connectivity index (χ0n) is 14.2. The van der Waals surface area contributed by atoms with E-state index in [1.54, 1.807) is 10.7 Å². The average molecular weight is 327 g/mol. The summed E-state index contributed by atoms with van der Waals surface area (Å²) in [5, 5.41) is 7.53. The second kappa shape index (κ2) is 6.43. The number of nitrogens with zero attached hydrogens (tertiary/aromatic N) is 4. The Kier molecular flexibility index (Phi) is 4.14. The van der Waals surface area contributed by atoms with Crippen LogP contribution in [0.2, 0.25) is 0 Å². The molecule has 6 heteroatoms. The molecule has 0 radical (unpaired) electrons. The lowest BCUT2D eigenvalue weighted by molar-refractivity contribution is 0.0918. The maximum Gasteiger partial charge on any atom is 0.255 e. The Morgan fingerprint density at radius 1 is 1.21 bits per heavy atom. The summed E-state index contributed by atoms with van der Waals surface area (Å²) < 4.78 is 1.79. The number of anilines is 1. The summed E-state index contributed by atoms with van der Waals surface area (Å²) in [6, 6.07) is 4.46. The molecule has 2 fully saturated rings. The lowest BCUT2D eigenvalue weighted by Crippen LogP contribution is -2.43. The van der Waals surface area contributed by atoms with Crippen LogP contribution in [0.1, 0.15) is 36.0 Å². The number of carbonyl (C=O) groups is 1. The molecular formula is C18H25N5O. The van der Waals surface area contributed by atoms with Crippen molar-refractivity contribution in [2.45, 2.75) is 31.7 Å². The fraction of sp³-hybridized carbons (Fsp3) is 0.556. The molecule has 0 bridgehead atoms. The molecular weight excluding hydrogens is 302 g/mol. The van der Waals surface area contributed by atoms with E-state index in [4.69, 9.17) is 0 Å². The Hall–Kier alpha value is -2.08. The summed E-state index contributed by atoms with van der Waals surface area (Å²) in [5.74, 6) is -0.00174. The maximum absolute atomic E-state index is 12.7. The van der Waals surface area contributed by atoms with Gasteiger partial charge in [0.1, 0.15) is 0 Å². The number of hydrogen-bond acceptors (Lipinski definition) is 4. The van der Waals surface area contributed by atoms with Crippen molar-refractivity contribution in [2.24, 2.45) is 0 Å². The van der Waals surface area contributed by atoms with Gasteiger partial charge in [0.25, 0.3) is 5.91 Å². The van der Waals surface area contributed by atoms with E-state index in [0.29, 0.717) is 5.56 Å². The zero-order valence-corrected chi connectivity index (χ0v) is 14.2. The van der Waals surface area contributed by atoms with E-state index >= 15 is 0 Å². The minimum absolute atomic E-state index is 0.00174. The summed E-state index contributed by atoms with van der Waals surface area (Å²) in [6.07, 6.45) is 8.16. The van der Waals surface area contributed by atoms with Crippen LogP contribution in [-0.2, 0) is 0 Å². The van der Waals surface area contributed by atoms with Crippen LogP contribution in [0.25, 0.3) is 5.52 Å². The fourth-order valence-corrected chi connectivity index (χ4v) is 3.73. The molecule has 1 N–H and O–H groups in total. The van der Waals surface area contributed by atoms with Gasteiger partial charge in [-0.15, -0.1) is 0 Å². The Morgan fingerprint density at radius 3 is 2.71 bits per heavy atom. The van der Waals surface area contributed by atoms with Gasteiger partial charge in [-0.1, -0.05) is 0 Å². The molecule has 0 aromatic carbocycles. The second-order valence-electron chi connectivity index (χ2n) is 7.02. The summed E-state index contributed by atoms with van der Waals surface area (Å²) in [6.45, 7) is 4.28. The van der Waals surface area contributed by atoms with Crippen molar-refractivity contribution in [3.63, 3.8) is 0 Å². The number of nitrogens with one attached hydrogen (secondary N) is 1. The summed E-state index contributed by atoms with van der Waals surface area (Å²) in [5.41, 5.74) is 2.76. The Balaban J connectivity index is 1.54. The van der Waals surface area contributed by atoms with Gasteiger partial charge in [0.05, 0.1) is 17.3 Å². The number of hydrogen-bond donors (Lipinski definition) is 1. The fourth-order valence-electron chi connectivity index (χ4n) is 3.73. The van der Waals surface area contributed by atoms with Crippen molar-refractivity contribution in [1.29, 1.82) is 0 Å². The van der Waals surface area contributed by atoms with Gasteiger partial charge in [-0.05, 0) is 58.0 Å². The third kappa shape index (κ3) is 2.98. The van der Waals surface area contributed by atoms with E-state index < -0.39 is 0 Å². The quantitative estimate of drug-likeness (QED) is 0.933. The van der Waals surface area contributed by atoms with Crippen LogP contribution in [-0.4, -0.2) is 59.7 Å². The largest absolute Gasteiger partial charge is 0.371 e. The van der Waals surface area contributed by atoms with E-state index in [1.807, 2.05) is 6.20 Å². The first-order chi connectivity index (χ1) is 11.7. The highest BCUT2D eigenvalue weighted by atomic mass is 16.1. The molecule has 2 aromatic heterocycles. The lowest BCUT2D eigenvalue weighted by atomic mass is 10.1. The third-order valence-electron chi connectivity index (χ3n) is 5.27. The highest BCUT2D eigenvalue weighted by molar-refractivity contribution is 6.01. The van der Waals surface area contributed by atoms with Gasteiger partial charge in [0.15, 0.2) is 0 Å². The molecule has 0 atom stereocenters. The van der Waals surface area contributed by atoms with Crippen LogP contribution in [0.15, 0.2) is 24.5 Å². The van der Waals surface area contributed by atoms with Crippen molar-refractivity contribution in [3.05, 3.63) is 30.1 Å². The Labute approximate surface area is 142 Å². The van der Waals surface area contributed by atoms with Crippen LogP contribution < -0.4 is 10.2 Å². The molecule has 4 rings (SSSR count). The van der Waals surface area contributed by atoms with Gasteiger partial charge in [-0.25, -0.2) is 4.52 Å². The molecule has 0 saturated carbocycles. The average Bonchev–Trinajstić information content (AvgIpc) is 3.25. The molecule has 0 unspecified atom stereocenters. The number of amides is 1. The summed E-state index contributed by atoms with van der Waals surface area (Å²) in [7, 11) is 2.13. The van der Waals surface area contributed by atoms with Gasteiger partial charge >= 0.3 is 0 Å². The highest BCUT2D eigenvalue weighted by Gasteiger charge is 2.21. The Morgan fingerprint density at radius 2 is 1.96 bits per heavy atom. The number of pyridine rings is 1. The molecule has 0 aliphatic carbocycles. The molecule has 128 valence electrons. The molecule has 2 aliphatic heterocycles. The molecule has 2 saturated heterocycles. The van der Waals surface area contributed by atoms with Crippen LogP contribution >= 0.6 is 0 Å². The molecule has 1 amide bonds.